The van der Waals surface area contributed by atoms with Crippen molar-refractivity contribution in [3.05, 3.63) is 88.6 Å². The van der Waals surface area contributed by atoms with Gasteiger partial charge in [-0.2, -0.15) is 10.4 Å². The molecule has 8 nitrogen and oxygen atoms in total. The van der Waals surface area contributed by atoms with E-state index in [4.69, 9.17) is 16.6 Å². The van der Waals surface area contributed by atoms with Gasteiger partial charge < -0.3 is 9.72 Å². The Morgan fingerprint density at radius 1 is 1.16 bits per heavy atom. The lowest BCUT2D eigenvalue weighted by Gasteiger charge is -2.06. The normalized spacial score (nSPS) is 18.7. The van der Waals surface area contributed by atoms with E-state index in [0.717, 1.165) is 27.8 Å². The minimum atomic E-state index is -0.226. The second kappa shape index (κ2) is 8.43. The molecule has 0 spiro atoms. The molecule has 0 bridgehead atoms. The fourth-order valence-corrected chi connectivity index (χ4v) is 5.30. The first-order chi connectivity index (χ1) is 18.1. The van der Waals surface area contributed by atoms with Crippen molar-refractivity contribution in [2.75, 3.05) is 5.32 Å². The quantitative estimate of drug-likeness (QED) is 0.337. The van der Waals surface area contributed by atoms with Gasteiger partial charge in [0.05, 0.1) is 34.8 Å². The maximum absolute atomic E-state index is 13.1. The van der Waals surface area contributed by atoms with E-state index in [9.17, 15) is 10.1 Å². The molecule has 2 saturated carbocycles. The number of benzene rings is 1. The average Bonchev–Trinajstić information content (AvgIpc) is 3.81. The van der Waals surface area contributed by atoms with Crippen LogP contribution in [-0.4, -0.2) is 30.1 Å². The maximum atomic E-state index is 13.1. The molecule has 7 rings (SSSR count). The molecule has 2 fully saturated rings. The number of aromatic nitrogens is 5. The van der Waals surface area contributed by atoms with Crippen molar-refractivity contribution in [2.24, 2.45) is 5.92 Å². The van der Waals surface area contributed by atoms with Crippen LogP contribution >= 0.6 is 11.6 Å². The Bertz CT molecular complexity index is 1740. The predicted octanol–water partition coefficient (Wildman–Crippen LogP) is 5.27. The number of fused-ring (bicyclic) bond motifs is 2. The number of pyridine rings is 2. The summed E-state index contributed by atoms with van der Waals surface area (Å²) in [5.41, 5.74) is 5.33. The molecule has 182 valence electrons. The SMILES string of the molecule is N#Cc1ccc(Cl)cc1[C@H]1C[C@@H]1C(=O)Nc1nccc2nn(Cc3cn4cc(C5CC5)ccc4n3)cc12. The Hall–Kier alpha value is -4.22. The van der Waals surface area contributed by atoms with Gasteiger partial charge in [0.15, 0.2) is 0 Å². The largest absolute Gasteiger partial charge is 0.310 e. The number of carbonyl (C=O) groups is 1. The summed E-state index contributed by atoms with van der Waals surface area (Å²) in [7, 11) is 0. The zero-order valence-electron chi connectivity index (χ0n) is 19.8. The molecule has 4 heterocycles. The third-order valence-corrected chi connectivity index (χ3v) is 7.52. The number of anilines is 1. The number of hydrogen-bond acceptors (Lipinski definition) is 5. The molecule has 9 heteroatoms. The van der Waals surface area contributed by atoms with E-state index in [1.54, 1.807) is 24.4 Å². The fourth-order valence-electron chi connectivity index (χ4n) is 5.12. The van der Waals surface area contributed by atoms with Gasteiger partial charge in [0.1, 0.15) is 11.5 Å². The van der Waals surface area contributed by atoms with Crippen molar-refractivity contribution in [1.82, 2.24) is 24.1 Å². The van der Waals surface area contributed by atoms with E-state index in [-0.39, 0.29) is 17.7 Å². The Kier molecular flexibility index (Phi) is 5.01. The van der Waals surface area contributed by atoms with Crippen molar-refractivity contribution >= 4 is 39.9 Å². The molecule has 2 aliphatic rings. The molecule has 1 amide bonds. The lowest BCUT2D eigenvalue weighted by molar-refractivity contribution is -0.117. The number of carbonyl (C=O) groups excluding carboxylic acids is 1. The topological polar surface area (TPSA) is 101 Å². The molecule has 0 unspecified atom stereocenters. The summed E-state index contributed by atoms with van der Waals surface area (Å²) in [5, 5.41) is 18.4. The van der Waals surface area contributed by atoms with E-state index in [2.05, 4.69) is 44.2 Å². The third-order valence-electron chi connectivity index (χ3n) is 7.28. The Morgan fingerprint density at radius 3 is 2.89 bits per heavy atom. The van der Waals surface area contributed by atoms with Crippen LogP contribution in [0, 0.1) is 17.2 Å². The first-order valence-corrected chi connectivity index (χ1v) is 12.7. The molecule has 4 aromatic heterocycles. The van der Waals surface area contributed by atoms with Gasteiger partial charge in [-0.1, -0.05) is 17.7 Å². The summed E-state index contributed by atoms with van der Waals surface area (Å²) in [6, 6.07) is 13.5. The van der Waals surface area contributed by atoms with Gasteiger partial charge in [-0.25, -0.2) is 9.97 Å². The highest BCUT2D eigenvalue weighted by atomic mass is 35.5. The fraction of sp³-hybridized carbons (Fsp3) is 0.250. The van der Waals surface area contributed by atoms with Crippen LogP contribution in [0.2, 0.25) is 5.02 Å². The zero-order valence-corrected chi connectivity index (χ0v) is 20.6. The van der Waals surface area contributed by atoms with Crippen LogP contribution in [0.15, 0.2) is 61.2 Å². The van der Waals surface area contributed by atoms with Crippen LogP contribution in [0.5, 0.6) is 0 Å². The first-order valence-electron chi connectivity index (χ1n) is 12.4. The van der Waals surface area contributed by atoms with E-state index in [0.29, 0.717) is 35.3 Å². The lowest BCUT2D eigenvalue weighted by Crippen LogP contribution is -2.15. The second-order valence-electron chi connectivity index (χ2n) is 9.93. The molecule has 1 N–H and O–H groups in total. The molecule has 0 aliphatic heterocycles. The monoisotopic (exact) mass is 507 g/mol. The molecule has 0 radical (unpaired) electrons. The van der Waals surface area contributed by atoms with E-state index in [1.165, 1.54) is 18.4 Å². The minimum absolute atomic E-state index is 0.0224. The zero-order chi connectivity index (χ0) is 25.1. The molecule has 0 saturated heterocycles. The van der Waals surface area contributed by atoms with Gasteiger partial charge in [-0.3, -0.25) is 9.48 Å². The van der Waals surface area contributed by atoms with Crippen molar-refractivity contribution in [3.63, 3.8) is 0 Å². The molecular weight excluding hydrogens is 486 g/mol. The van der Waals surface area contributed by atoms with Gasteiger partial charge in [0, 0.05) is 35.7 Å². The number of nitriles is 1. The smallest absolute Gasteiger partial charge is 0.229 e. The molecule has 2 aliphatic carbocycles. The van der Waals surface area contributed by atoms with Crippen LogP contribution < -0.4 is 5.32 Å². The van der Waals surface area contributed by atoms with Crippen molar-refractivity contribution in [1.29, 1.82) is 5.26 Å². The average molecular weight is 508 g/mol. The summed E-state index contributed by atoms with van der Waals surface area (Å²) < 4.78 is 3.92. The summed E-state index contributed by atoms with van der Waals surface area (Å²) in [5.74, 6) is 0.808. The molecule has 5 aromatic rings. The second-order valence-corrected chi connectivity index (χ2v) is 10.4. The number of nitrogens with zero attached hydrogens (tertiary/aromatic N) is 6. The van der Waals surface area contributed by atoms with Crippen LogP contribution in [0.3, 0.4) is 0 Å². The van der Waals surface area contributed by atoms with Gasteiger partial charge in [-0.15, -0.1) is 0 Å². The van der Waals surface area contributed by atoms with Crippen molar-refractivity contribution in [3.8, 4) is 6.07 Å². The number of hydrogen-bond donors (Lipinski definition) is 1. The maximum Gasteiger partial charge on any atom is 0.229 e. The van der Waals surface area contributed by atoms with Gasteiger partial charge >= 0.3 is 0 Å². The summed E-state index contributed by atoms with van der Waals surface area (Å²) >= 11 is 6.14. The number of rotatable bonds is 6. The molecular formula is C28H22ClN7O. The number of amides is 1. The summed E-state index contributed by atoms with van der Waals surface area (Å²) in [4.78, 5) is 22.2. The van der Waals surface area contributed by atoms with Crippen molar-refractivity contribution < 1.29 is 4.79 Å². The Labute approximate surface area is 217 Å². The van der Waals surface area contributed by atoms with Crippen LogP contribution in [0.4, 0.5) is 5.82 Å². The molecule has 2 atom stereocenters. The standard InChI is InChI=1S/C28H22ClN7O/c29-19-5-3-17(11-30)21(9-19)22-10-23(22)28(37)33-27-24-15-36(34-25(24)7-8-31-27)14-20-13-35-12-18(16-1-2-16)4-6-26(35)32-20/h3-9,12-13,15-16,22-23H,1-2,10,14H2,(H,31,33,37)/t22-,23+/m1/s1. The highest BCUT2D eigenvalue weighted by molar-refractivity contribution is 6.30. The van der Waals surface area contributed by atoms with Gasteiger partial charge in [-0.05, 0) is 72.6 Å². The van der Waals surface area contributed by atoms with E-state index < -0.39 is 0 Å². The van der Waals surface area contributed by atoms with Crippen LogP contribution in [0.1, 0.15) is 53.5 Å². The minimum Gasteiger partial charge on any atom is -0.310 e. The highest BCUT2D eigenvalue weighted by Crippen LogP contribution is 2.49. The Morgan fingerprint density at radius 2 is 2.05 bits per heavy atom. The van der Waals surface area contributed by atoms with Crippen LogP contribution in [-0.2, 0) is 11.3 Å². The van der Waals surface area contributed by atoms with E-state index in [1.807, 2.05) is 23.1 Å². The summed E-state index contributed by atoms with van der Waals surface area (Å²) in [6.45, 7) is 0.513. The summed E-state index contributed by atoms with van der Waals surface area (Å²) in [6.07, 6.45) is 11.0. The number of halogens is 1. The Balaban J connectivity index is 1.10. The number of nitrogens with one attached hydrogen (secondary N) is 1. The number of imidazole rings is 1. The van der Waals surface area contributed by atoms with Crippen molar-refractivity contribution in [2.45, 2.75) is 37.6 Å². The highest BCUT2D eigenvalue weighted by Gasteiger charge is 2.45. The molecule has 37 heavy (non-hydrogen) atoms. The lowest BCUT2D eigenvalue weighted by atomic mass is 10.0. The predicted molar refractivity (Wildman–Crippen MR) is 139 cm³/mol. The van der Waals surface area contributed by atoms with E-state index >= 15 is 0 Å². The van der Waals surface area contributed by atoms with Crippen LogP contribution in [0.25, 0.3) is 16.6 Å². The third kappa shape index (κ3) is 4.11. The van der Waals surface area contributed by atoms with Gasteiger partial charge in [0.2, 0.25) is 5.91 Å². The first kappa shape index (κ1) is 22.0. The van der Waals surface area contributed by atoms with Gasteiger partial charge in [0.25, 0.3) is 0 Å². The molecule has 1 aromatic carbocycles.